The topological polar surface area (TPSA) is 40.7 Å². The highest BCUT2D eigenvalue weighted by Gasteiger charge is 2.05. The first-order valence-corrected chi connectivity index (χ1v) is 5.77. The van der Waals surface area contributed by atoms with Gasteiger partial charge in [0.05, 0.1) is 16.7 Å². The maximum absolute atomic E-state index is 13.5. The molecule has 0 fully saturated rings. The van der Waals surface area contributed by atoms with E-state index < -0.39 is 0 Å². The third-order valence-corrected chi connectivity index (χ3v) is 2.81. The molecular weight excluding hydrogens is 253 g/mol. The van der Waals surface area contributed by atoms with Gasteiger partial charge in [0.1, 0.15) is 5.82 Å². The summed E-state index contributed by atoms with van der Waals surface area (Å²) in [6.07, 6.45) is 0. The molecule has 1 heterocycles. The van der Waals surface area contributed by atoms with Crippen molar-refractivity contribution >= 4 is 34.3 Å². The molecule has 0 spiro atoms. The fourth-order valence-corrected chi connectivity index (χ4v) is 1.90. The molecule has 0 amide bonds. The lowest BCUT2D eigenvalue weighted by atomic mass is 10.3. The number of nitrogens with zero attached hydrogens (tertiary/aromatic N) is 1. The van der Waals surface area contributed by atoms with Crippen LogP contribution in [0.1, 0.15) is 0 Å². The van der Waals surface area contributed by atoms with Gasteiger partial charge in [-0.25, -0.2) is 9.37 Å². The summed E-state index contributed by atoms with van der Waals surface area (Å²) >= 11 is 5.89. The number of hydrogen-bond donors (Lipinski definition) is 2. The van der Waals surface area contributed by atoms with Crippen molar-refractivity contribution in [1.82, 2.24) is 9.97 Å². The van der Waals surface area contributed by atoms with E-state index in [1.165, 1.54) is 6.07 Å². The van der Waals surface area contributed by atoms with E-state index in [0.717, 1.165) is 11.0 Å². The van der Waals surface area contributed by atoms with Crippen molar-refractivity contribution < 1.29 is 4.39 Å². The summed E-state index contributed by atoms with van der Waals surface area (Å²) in [5.41, 5.74) is 1.96. The molecule has 0 saturated carbocycles. The fourth-order valence-electron chi connectivity index (χ4n) is 1.73. The van der Waals surface area contributed by atoms with Gasteiger partial charge in [-0.3, -0.25) is 0 Å². The molecule has 18 heavy (non-hydrogen) atoms. The molecule has 3 nitrogen and oxygen atoms in total. The average Bonchev–Trinajstić information content (AvgIpc) is 2.73. The summed E-state index contributed by atoms with van der Waals surface area (Å²) in [6, 6.07) is 11.8. The number of imidazole rings is 1. The number of hydrogen-bond acceptors (Lipinski definition) is 2. The molecule has 0 aliphatic heterocycles. The minimum atomic E-state index is -0.323. The van der Waals surface area contributed by atoms with Crippen molar-refractivity contribution in [1.29, 1.82) is 0 Å². The van der Waals surface area contributed by atoms with Crippen LogP contribution in [-0.2, 0) is 0 Å². The van der Waals surface area contributed by atoms with E-state index in [4.69, 9.17) is 11.6 Å². The number of H-pyrrole nitrogens is 1. The van der Waals surface area contributed by atoms with Gasteiger partial charge < -0.3 is 10.3 Å². The highest BCUT2D eigenvalue weighted by molar-refractivity contribution is 6.31. The van der Waals surface area contributed by atoms with Gasteiger partial charge in [-0.1, -0.05) is 23.7 Å². The zero-order valence-electron chi connectivity index (χ0n) is 9.24. The molecule has 0 atom stereocenters. The summed E-state index contributed by atoms with van der Waals surface area (Å²) in [5, 5.41) is 3.52. The smallest absolute Gasteiger partial charge is 0.205 e. The van der Waals surface area contributed by atoms with Crippen LogP contribution in [0.3, 0.4) is 0 Å². The summed E-state index contributed by atoms with van der Waals surface area (Å²) < 4.78 is 13.5. The first-order chi connectivity index (χ1) is 8.72. The lowest BCUT2D eigenvalue weighted by molar-refractivity contribution is 0.631. The van der Waals surface area contributed by atoms with Gasteiger partial charge >= 0.3 is 0 Å². The second-order valence-corrected chi connectivity index (χ2v) is 4.29. The van der Waals surface area contributed by atoms with Crippen LogP contribution in [0.5, 0.6) is 0 Å². The number of fused-ring (bicyclic) bond motifs is 1. The first kappa shape index (κ1) is 11.0. The third-order valence-electron chi connectivity index (χ3n) is 2.57. The number of halogens is 2. The number of para-hydroxylation sites is 1. The second-order valence-electron chi connectivity index (χ2n) is 3.85. The molecule has 0 saturated heterocycles. The fraction of sp³-hybridized carbons (Fsp3) is 0. The molecule has 3 aromatic rings. The zero-order chi connectivity index (χ0) is 12.5. The number of aromatic nitrogens is 2. The Balaban J connectivity index is 1.98. The molecule has 0 unspecified atom stereocenters. The Morgan fingerprint density at radius 1 is 1.17 bits per heavy atom. The lowest BCUT2D eigenvalue weighted by Gasteiger charge is -2.02. The standard InChI is InChI=1S/C13H9ClFN3/c14-8-5-6-11-12(7-8)18-13(17-11)16-10-4-2-1-3-9(10)15/h1-7H,(H2,16,17,18). The van der Waals surface area contributed by atoms with E-state index in [1.54, 1.807) is 36.4 Å². The maximum Gasteiger partial charge on any atom is 0.205 e. The van der Waals surface area contributed by atoms with E-state index in [0.29, 0.717) is 16.7 Å². The monoisotopic (exact) mass is 261 g/mol. The predicted molar refractivity (Wildman–Crippen MR) is 70.8 cm³/mol. The molecule has 5 heteroatoms. The van der Waals surface area contributed by atoms with Crippen LogP contribution in [-0.4, -0.2) is 9.97 Å². The summed E-state index contributed by atoms with van der Waals surface area (Å²) in [7, 11) is 0. The molecule has 1 aromatic heterocycles. The molecule has 2 aromatic carbocycles. The normalized spacial score (nSPS) is 10.8. The summed E-state index contributed by atoms with van der Waals surface area (Å²) in [5.74, 6) is 0.161. The minimum absolute atomic E-state index is 0.323. The summed E-state index contributed by atoms with van der Waals surface area (Å²) in [6.45, 7) is 0. The SMILES string of the molecule is Fc1ccccc1Nc1nc2ccc(Cl)cc2[nH]1. The van der Waals surface area contributed by atoms with Crippen LogP contribution < -0.4 is 5.32 Å². The van der Waals surface area contributed by atoms with Crippen LogP contribution in [0.15, 0.2) is 42.5 Å². The van der Waals surface area contributed by atoms with Gasteiger partial charge in [-0.2, -0.15) is 0 Å². The van der Waals surface area contributed by atoms with Crippen LogP contribution in [0.2, 0.25) is 5.02 Å². The van der Waals surface area contributed by atoms with Gasteiger partial charge in [0.15, 0.2) is 0 Å². The third kappa shape index (κ3) is 2.02. The average molecular weight is 262 g/mol. The van der Waals surface area contributed by atoms with Crippen molar-refractivity contribution in [3.8, 4) is 0 Å². The lowest BCUT2D eigenvalue weighted by Crippen LogP contribution is -1.94. The zero-order valence-corrected chi connectivity index (χ0v) is 10.0. The Kier molecular flexibility index (Phi) is 2.64. The second kappa shape index (κ2) is 4.31. The molecule has 3 rings (SSSR count). The van der Waals surface area contributed by atoms with Crippen molar-refractivity contribution in [2.24, 2.45) is 0 Å². The van der Waals surface area contributed by atoms with E-state index in [9.17, 15) is 4.39 Å². The number of anilines is 2. The predicted octanol–water partition coefficient (Wildman–Crippen LogP) is 4.10. The minimum Gasteiger partial charge on any atom is -0.324 e. The van der Waals surface area contributed by atoms with Crippen LogP contribution in [0.4, 0.5) is 16.0 Å². The highest BCUT2D eigenvalue weighted by Crippen LogP contribution is 2.22. The number of rotatable bonds is 2. The van der Waals surface area contributed by atoms with Gasteiger partial charge in [0.25, 0.3) is 0 Å². The van der Waals surface area contributed by atoms with E-state index in [2.05, 4.69) is 15.3 Å². The molecule has 0 aliphatic carbocycles. The van der Waals surface area contributed by atoms with E-state index in [-0.39, 0.29) is 5.82 Å². The Morgan fingerprint density at radius 3 is 2.83 bits per heavy atom. The molecule has 0 bridgehead atoms. The van der Waals surface area contributed by atoms with Crippen molar-refractivity contribution in [2.75, 3.05) is 5.32 Å². The first-order valence-electron chi connectivity index (χ1n) is 5.39. The molecule has 0 radical (unpaired) electrons. The molecular formula is C13H9ClFN3. The van der Waals surface area contributed by atoms with E-state index >= 15 is 0 Å². The van der Waals surface area contributed by atoms with Crippen LogP contribution >= 0.6 is 11.6 Å². The Labute approximate surface area is 108 Å². The van der Waals surface area contributed by atoms with Crippen LogP contribution in [0.25, 0.3) is 11.0 Å². The Hall–Kier alpha value is -2.07. The number of benzene rings is 2. The van der Waals surface area contributed by atoms with Crippen molar-refractivity contribution in [2.45, 2.75) is 0 Å². The number of nitrogens with one attached hydrogen (secondary N) is 2. The van der Waals surface area contributed by atoms with Crippen LogP contribution in [0, 0.1) is 5.82 Å². The van der Waals surface area contributed by atoms with E-state index in [1.807, 2.05) is 0 Å². The van der Waals surface area contributed by atoms with Gasteiger partial charge in [0.2, 0.25) is 5.95 Å². The number of aromatic amines is 1. The Bertz CT molecular complexity index is 708. The van der Waals surface area contributed by atoms with Gasteiger partial charge in [0, 0.05) is 5.02 Å². The Morgan fingerprint density at radius 2 is 2.00 bits per heavy atom. The van der Waals surface area contributed by atoms with Crippen molar-refractivity contribution in [3.63, 3.8) is 0 Å². The van der Waals surface area contributed by atoms with Gasteiger partial charge in [-0.05, 0) is 30.3 Å². The summed E-state index contributed by atoms with van der Waals surface area (Å²) in [4.78, 5) is 7.34. The maximum atomic E-state index is 13.5. The highest BCUT2D eigenvalue weighted by atomic mass is 35.5. The molecule has 2 N–H and O–H groups in total. The molecule has 90 valence electrons. The quantitative estimate of drug-likeness (QED) is 0.729. The molecule has 0 aliphatic rings. The largest absolute Gasteiger partial charge is 0.324 e. The van der Waals surface area contributed by atoms with Gasteiger partial charge in [-0.15, -0.1) is 0 Å². The van der Waals surface area contributed by atoms with Crippen molar-refractivity contribution in [3.05, 3.63) is 53.3 Å².